The van der Waals surface area contributed by atoms with Crippen LogP contribution in [0.3, 0.4) is 0 Å². The molecule has 196 valence electrons. The molecule has 5 N–H and O–H groups in total. The van der Waals surface area contributed by atoms with Crippen molar-refractivity contribution in [2.24, 2.45) is 0 Å². The molecule has 0 unspecified atom stereocenters. The molecule has 1 fully saturated rings. The highest BCUT2D eigenvalue weighted by Gasteiger charge is 2.42. The summed E-state index contributed by atoms with van der Waals surface area (Å²) in [6, 6.07) is 3.20. The van der Waals surface area contributed by atoms with Gasteiger partial charge in [0.2, 0.25) is 10.0 Å². The summed E-state index contributed by atoms with van der Waals surface area (Å²) in [5.74, 6) is -5.63. The van der Waals surface area contributed by atoms with Crippen LogP contribution in [0.15, 0.2) is 35.2 Å². The second-order valence-corrected chi connectivity index (χ2v) is 11.2. The smallest absolute Gasteiger partial charge is 0.408 e. The molecule has 1 aliphatic carbocycles. The van der Waals surface area contributed by atoms with Gasteiger partial charge in [0.1, 0.15) is 4.90 Å². The average molecular weight is 529 g/mol. The van der Waals surface area contributed by atoms with Crippen LogP contribution < -0.4 is 15.8 Å². The molecular formula is C23H27F3N4O5S. The second-order valence-electron chi connectivity index (χ2n) is 9.51. The number of carbonyl (C=O) groups excluding carboxylic acids is 1. The fourth-order valence-electron chi connectivity index (χ4n) is 4.32. The van der Waals surface area contributed by atoms with E-state index in [9.17, 15) is 36.3 Å². The van der Waals surface area contributed by atoms with Crippen LogP contribution in [-0.2, 0) is 10.0 Å². The molecule has 0 bridgehead atoms. The van der Waals surface area contributed by atoms with Gasteiger partial charge in [-0.2, -0.15) is 0 Å². The standard InChI is InChI=1S/C23H27F3N4O5S/c1-23(2,3)30(22(32)33)18-6-4-5-17(18)29-36(34,35)19-9-12(7-8-16(19)27)21(31)28-13-10-14(24)20(26)15(25)11-13/h7-11,17-18,29H,4-6,27H2,1-3H3,(H,28,31)(H,32,33)/t17-,18+/m0/s1. The minimum atomic E-state index is -4.30. The third kappa shape index (κ3) is 5.73. The Morgan fingerprint density at radius 2 is 1.69 bits per heavy atom. The van der Waals surface area contributed by atoms with Gasteiger partial charge in [-0.1, -0.05) is 0 Å². The molecule has 9 nitrogen and oxygen atoms in total. The molecule has 0 aliphatic heterocycles. The van der Waals surface area contributed by atoms with Gasteiger partial charge in [0, 0.05) is 35.0 Å². The number of hydrogen-bond donors (Lipinski definition) is 4. The molecule has 0 saturated heterocycles. The van der Waals surface area contributed by atoms with Crippen molar-refractivity contribution in [2.45, 2.75) is 62.6 Å². The van der Waals surface area contributed by atoms with Crippen molar-refractivity contribution in [3.8, 4) is 0 Å². The fraction of sp³-hybridized carbons (Fsp3) is 0.391. The molecule has 0 heterocycles. The highest BCUT2D eigenvalue weighted by atomic mass is 32.2. The van der Waals surface area contributed by atoms with Crippen molar-refractivity contribution in [2.75, 3.05) is 11.1 Å². The van der Waals surface area contributed by atoms with Crippen LogP contribution in [0.1, 0.15) is 50.4 Å². The summed E-state index contributed by atoms with van der Waals surface area (Å²) in [5.41, 5.74) is 4.36. The lowest BCUT2D eigenvalue weighted by atomic mass is 10.0. The Morgan fingerprint density at radius 1 is 1.08 bits per heavy atom. The summed E-state index contributed by atoms with van der Waals surface area (Å²) in [6.07, 6.45) is 0.274. The number of anilines is 2. The Bertz CT molecular complexity index is 1270. The molecule has 1 aliphatic rings. The lowest BCUT2D eigenvalue weighted by Crippen LogP contribution is -2.57. The Kier molecular flexibility index (Phi) is 7.55. The number of sulfonamides is 1. The number of hydrogen-bond acceptors (Lipinski definition) is 5. The van der Waals surface area contributed by atoms with E-state index in [4.69, 9.17) is 5.73 Å². The predicted octanol–water partition coefficient (Wildman–Crippen LogP) is 3.92. The van der Waals surface area contributed by atoms with Crippen LogP contribution in [0.25, 0.3) is 0 Å². The van der Waals surface area contributed by atoms with E-state index < -0.39 is 62.0 Å². The van der Waals surface area contributed by atoms with Crippen molar-refractivity contribution in [3.05, 3.63) is 53.3 Å². The number of carboxylic acid groups (broad SMARTS) is 1. The Labute approximate surface area is 206 Å². The molecule has 1 saturated carbocycles. The van der Waals surface area contributed by atoms with Gasteiger partial charge in [-0.05, 0) is 58.2 Å². The van der Waals surface area contributed by atoms with Gasteiger partial charge < -0.3 is 16.2 Å². The van der Waals surface area contributed by atoms with E-state index in [2.05, 4.69) is 10.0 Å². The maximum Gasteiger partial charge on any atom is 0.408 e. The zero-order valence-corrected chi connectivity index (χ0v) is 20.6. The first kappa shape index (κ1) is 27.3. The van der Waals surface area contributed by atoms with Gasteiger partial charge in [-0.3, -0.25) is 9.69 Å². The number of halogens is 3. The first-order valence-electron chi connectivity index (χ1n) is 11.0. The third-order valence-corrected chi connectivity index (χ3v) is 7.40. The summed E-state index contributed by atoms with van der Waals surface area (Å²) in [6.45, 7) is 5.14. The largest absolute Gasteiger partial charge is 0.465 e. The van der Waals surface area contributed by atoms with Crippen molar-refractivity contribution in [1.29, 1.82) is 0 Å². The SMILES string of the molecule is CC(C)(C)N(C(=O)O)[C@@H]1CCC[C@@H]1NS(=O)(=O)c1cc(C(=O)Nc2cc(F)c(F)c(F)c2)ccc1N. The summed E-state index contributed by atoms with van der Waals surface area (Å²) >= 11 is 0. The molecular weight excluding hydrogens is 501 g/mol. The van der Waals surface area contributed by atoms with E-state index in [1.54, 1.807) is 20.8 Å². The molecule has 3 rings (SSSR count). The number of rotatable bonds is 6. The first-order valence-corrected chi connectivity index (χ1v) is 12.5. The van der Waals surface area contributed by atoms with E-state index in [1.165, 1.54) is 17.0 Å². The van der Waals surface area contributed by atoms with Gasteiger partial charge >= 0.3 is 6.09 Å². The number of benzene rings is 2. The molecule has 0 radical (unpaired) electrons. The van der Waals surface area contributed by atoms with Gasteiger partial charge in [0.25, 0.3) is 5.91 Å². The number of nitrogen functional groups attached to an aromatic ring is 1. The van der Waals surface area contributed by atoms with Crippen molar-refractivity contribution >= 4 is 33.4 Å². The van der Waals surface area contributed by atoms with Crippen LogP contribution in [0.4, 0.5) is 29.3 Å². The first-order chi connectivity index (χ1) is 16.6. The molecule has 0 aromatic heterocycles. The fourth-order valence-corrected chi connectivity index (χ4v) is 5.78. The molecule has 0 spiro atoms. The van der Waals surface area contributed by atoms with Crippen molar-refractivity contribution < 1.29 is 36.3 Å². The van der Waals surface area contributed by atoms with Crippen molar-refractivity contribution in [3.63, 3.8) is 0 Å². The highest BCUT2D eigenvalue weighted by Crippen LogP contribution is 2.31. The van der Waals surface area contributed by atoms with Crippen LogP contribution in [0.5, 0.6) is 0 Å². The molecule has 2 amide bonds. The number of nitrogens with one attached hydrogen (secondary N) is 2. The average Bonchev–Trinajstić information content (AvgIpc) is 3.17. The monoisotopic (exact) mass is 528 g/mol. The summed E-state index contributed by atoms with van der Waals surface area (Å²) in [4.78, 5) is 25.3. The molecule has 2 aromatic carbocycles. The van der Waals surface area contributed by atoms with E-state index in [0.29, 0.717) is 31.4 Å². The zero-order chi connectivity index (χ0) is 27.0. The lowest BCUT2D eigenvalue weighted by Gasteiger charge is -2.40. The van der Waals surface area contributed by atoms with Crippen LogP contribution >= 0.6 is 0 Å². The summed E-state index contributed by atoms with van der Waals surface area (Å²) < 4.78 is 69.1. The Hall–Kier alpha value is -3.32. The Balaban J connectivity index is 1.87. The maximum absolute atomic E-state index is 13.5. The highest BCUT2D eigenvalue weighted by molar-refractivity contribution is 7.89. The molecule has 36 heavy (non-hydrogen) atoms. The Morgan fingerprint density at radius 3 is 2.25 bits per heavy atom. The van der Waals surface area contributed by atoms with E-state index in [0.717, 1.165) is 6.07 Å². The number of carbonyl (C=O) groups is 2. The second kappa shape index (κ2) is 9.97. The van der Waals surface area contributed by atoms with Gasteiger partial charge in [-0.15, -0.1) is 0 Å². The normalized spacial score (nSPS) is 18.2. The quantitative estimate of drug-likeness (QED) is 0.331. The lowest BCUT2D eigenvalue weighted by molar-refractivity contribution is 0.0653. The van der Waals surface area contributed by atoms with Crippen LogP contribution in [-0.4, -0.2) is 48.0 Å². The van der Waals surface area contributed by atoms with Gasteiger partial charge in [0.05, 0.1) is 11.7 Å². The van der Waals surface area contributed by atoms with E-state index in [1.807, 2.05) is 0 Å². The number of nitrogens with two attached hydrogens (primary N) is 1. The topological polar surface area (TPSA) is 142 Å². The van der Waals surface area contributed by atoms with E-state index in [-0.39, 0.29) is 16.9 Å². The summed E-state index contributed by atoms with van der Waals surface area (Å²) in [7, 11) is -4.30. The van der Waals surface area contributed by atoms with Gasteiger partial charge in [0.15, 0.2) is 17.5 Å². The minimum absolute atomic E-state index is 0.168. The van der Waals surface area contributed by atoms with Crippen molar-refractivity contribution in [1.82, 2.24) is 9.62 Å². The molecule has 2 atom stereocenters. The van der Waals surface area contributed by atoms with Crippen LogP contribution in [0, 0.1) is 17.5 Å². The zero-order valence-electron chi connectivity index (χ0n) is 19.8. The van der Waals surface area contributed by atoms with Crippen LogP contribution in [0.2, 0.25) is 0 Å². The number of nitrogens with zero attached hydrogens (tertiary/aromatic N) is 1. The molecule has 2 aromatic rings. The molecule has 13 heteroatoms. The predicted molar refractivity (Wildman–Crippen MR) is 126 cm³/mol. The van der Waals surface area contributed by atoms with Gasteiger partial charge in [-0.25, -0.2) is 31.1 Å². The number of amides is 2. The minimum Gasteiger partial charge on any atom is -0.465 e. The third-order valence-electron chi connectivity index (χ3n) is 5.85. The maximum atomic E-state index is 13.5. The summed E-state index contributed by atoms with van der Waals surface area (Å²) in [5, 5.41) is 11.9. The van der Waals surface area contributed by atoms with E-state index >= 15 is 0 Å².